The van der Waals surface area contributed by atoms with Crippen LogP contribution in [0.15, 0.2) is 30.3 Å². The first-order valence-electron chi connectivity index (χ1n) is 7.18. The van der Waals surface area contributed by atoms with Gasteiger partial charge in [-0.2, -0.15) is 0 Å². The molecule has 1 aromatic carbocycles. The summed E-state index contributed by atoms with van der Waals surface area (Å²) >= 11 is 1.85. The molecule has 19 heavy (non-hydrogen) atoms. The van der Waals surface area contributed by atoms with E-state index in [2.05, 4.69) is 36.1 Å². The van der Waals surface area contributed by atoms with Crippen LogP contribution >= 0.6 is 11.8 Å². The second-order valence-electron chi connectivity index (χ2n) is 5.82. The summed E-state index contributed by atoms with van der Waals surface area (Å²) in [5.74, 6) is 1.47. The molecular formula is C16H21NOS. The zero-order valence-corrected chi connectivity index (χ0v) is 12.3. The Morgan fingerprint density at radius 2 is 2.11 bits per heavy atom. The van der Waals surface area contributed by atoms with E-state index in [0.717, 1.165) is 18.7 Å². The van der Waals surface area contributed by atoms with Gasteiger partial charge in [0.05, 0.1) is 4.75 Å². The Kier molecular flexibility index (Phi) is 3.57. The van der Waals surface area contributed by atoms with Crippen LogP contribution < -0.4 is 0 Å². The lowest BCUT2D eigenvalue weighted by Crippen LogP contribution is -2.46. The molecule has 0 saturated carbocycles. The van der Waals surface area contributed by atoms with Gasteiger partial charge >= 0.3 is 0 Å². The summed E-state index contributed by atoms with van der Waals surface area (Å²) in [6.07, 6.45) is 4.40. The standard InChI is InChI=1S/C16H21NOS/c1-16(12-13-6-3-2-4-7-13)15(18)17-10-5-8-14(17)9-11-19-16/h2-4,6-7,14H,5,8-12H2,1H3/t14-,16-/m0/s1. The minimum atomic E-state index is -0.277. The lowest BCUT2D eigenvalue weighted by Gasteiger charge is -2.31. The summed E-state index contributed by atoms with van der Waals surface area (Å²) in [4.78, 5) is 15.0. The monoisotopic (exact) mass is 275 g/mol. The fraction of sp³-hybridized carbons (Fsp3) is 0.562. The summed E-state index contributed by atoms with van der Waals surface area (Å²) < 4.78 is -0.277. The third-order valence-corrected chi connectivity index (χ3v) is 5.74. The average Bonchev–Trinajstić information content (AvgIpc) is 2.83. The lowest BCUT2D eigenvalue weighted by molar-refractivity contribution is -0.133. The van der Waals surface area contributed by atoms with E-state index in [1.54, 1.807) is 0 Å². The maximum Gasteiger partial charge on any atom is 0.239 e. The van der Waals surface area contributed by atoms with Gasteiger partial charge in [-0.1, -0.05) is 30.3 Å². The van der Waals surface area contributed by atoms with Gasteiger partial charge < -0.3 is 4.90 Å². The van der Waals surface area contributed by atoms with Crippen molar-refractivity contribution in [3.05, 3.63) is 35.9 Å². The van der Waals surface area contributed by atoms with E-state index in [1.807, 2.05) is 17.8 Å². The number of carbonyl (C=O) groups excluding carboxylic acids is 1. The molecule has 2 aliphatic heterocycles. The third-order valence-electron chi connectivity index (χ3n) is 4.35. The van der Waals surface area contributed by atoms with Crippen molar-refractivity contribution in [1.29, 1.82) is 0 Å². The summed E-state index contributed by atoms with van der Waals surface area (Å²) in [7, 11) is 0. The van der Waals surface area contributed by atoms with E-state index in [1.165, 1.54) is 24.8 Å². The summed E-state index contributed by atoms with van der Waals surface area (Å²) in [6, 6.07) is 10.9. The van der Waals surface area contributed by atoms with Crippen LogP contribution in [0.2, 0.25) is 0 Å². The van der Waals surface area contributed by atoms with Gasteiger partial charge in [0.1, 0.15) is 0 Å². The molecule has 1 aromatic rings. The number of fused-ring (bicyclic) bond motifs is 1. The van der Waals surface area contributed by atoms with Crippen LogP contribution in [0.4, 0.5) is 0 Å². The molecule has 0 spiro atoms. The first kappa shape index (κ1) is 13.0. The highest BCUT2D eigenvalue weighted by Crippen LogP contribution is 2.38. The Morgan fingerprint density at radius 3 is 2.89 bits per heavy atom. The van der Waals surface area contributed by atoms with Gasteiger partial charge in [-0.05, 0) is 43.9 Å². The summed E-state index contributed by atoms with van der Waals surface area (Å²) in [6.45, 7) is 3.10. The highest BCUT2D eigenvalue weighted by atomic mass is 32.2. The van der Waals surface area contributed by atoms with E-state index in [-0.39, 0.29) is 4.75 Å². The van der Waals surface area contributed by atoms with E-state index in [9.17, 15) is 4.79 Å². The Hall–Kier alpha value is -0.960. The van der Waals surface area contributed by atoms with E-state index in [4.69, 9.17) is 0 Å². The predicted octanol–water partition coefficient (Wildman–Crippen LogP) is 3.12. The van der Waals surface area contributed by atoms with Crippen LogP contribution in [0.25, 0.3) is 0 Å². The fourth-order valence-electron chi connectivity index (χ4n) is 3.30. The van der Waals surface area contributed by atoms with Crippen molar-refractivity contribution >= 4 is 17.7 Å². The van der Waals surface area contributed by atoms with Crippen molar-refractivity contribution in [3.63, 3.8) is 0 Å². The van der Waals surface area contributed by atoms with Crippen LogP contribution in [0.5, 0.6) is 0 Å². The van der Waals surface area contributed by atoms with Crippen LogP contribution in [0, 0.1) is 0 Å². The fourth-order valence-corrected chi connectivity index (χ4v) is 4.65. The predicted molar refractivity (Wildman–Crippen MR) is 80.4 cm³/mol. The highest BCUT2D eigenvalue weighted by Gasteiger charge is 2.43. The molecule has 2 fully saturated rings. The molecule has 0 radical (unpaired) electrons. The van der Waals surface area contributed by atoms with Crippen LogP contribution in [-0.4, -0.2) is 33.9 Å². The molecule has 3 heteroatoms. The summed E-state index contributed by atoms with van der Waals surface area (Å²) in [5.41, 5.74) is 1.27. The smallest absolute Gasteiger partial charge is 0.239 e. The topological polar surface area (TPSA) is 20.3 Å². The van der Waals surface area contributed by atoms with Gasteiger partial charge in [0.2, 0.25) is 5.91 Å². The molecule has 2 atom stereocenters. The van der Waals surface area contributed by atoms with Crippen LogP contribution in [-0.2, 0) is 11.2 Å². The van der Waals surface area contributed by atoms with E-state index >= 15 is 0 Å². The zero-order valence-electron chi connectivity index (χ0n) is 11.5. The number of hydrogen-bond donors (Lipinski definition) is 0. The Morgan fingerprint density at radius 1 is 1.32 bits per heavy atom. The van der Waals surface area contributed by atoms with Gasteiger partial charge in [-0.15, -0.1) is 11.8 Å². The number of nitrogens with zero attached hydrogens (tertiary/aromatic N) is 1. The molecule has 1 amide bonds. The quantitative estimate of drug-likeness (QED) is 0.826. The second kappa shape index (κ2) is 5.20. The minimum absolute atomic E-state index is 0.277. The number of thioether (sulfide) groups is 1. The molecule has 2 nitrogen and oxygen atoms in total. The number of hydrogen-bond acceptors (Lipinski definition) is 2. The van der Waals surface area contributed by atoms with Crippen LogP contribution in [0.1, 0.15) is 31.7 Å². The lowest BCUT2D eigenvalue weighted by atomic mass is 9.98. The van der Waals surface area contributed by atoms with Gasteiger partial charge in [0.25, 0.3) is 0 Å². The van der Waals surface area contributed by atoms with Crippen molar-refractivity contribution in [2.45, 2.75) is 43.4 Å². The van der Waals surface area contributed by atoms with Crippen molar-refractivity contribution in [2.75, 3.05) is 12.3 Å². The molecule has 2 heterocycles. The number of carbonyl (C=O) groups is 1. The average molecular weight is 275 g/mol. The molecule has 0 aromatic heterocycles. The molecule has 3 rings (SSSR count). The molecule has 0 bridgehead atoms. The Bertz CT molecular complexity index is 461. The number of benzene rings is 1. The molecular weight excluding hydrogens is 254 g/mol. The van der Waals surface area contributed by atoms with Gasteiger partial charge in [-0.25, -0.2) is 0 Å². The number of amides is 1. The molecule has 2 aliphatic rings. The van der Waals surface area contributed by atoms with Crippen LogP contribution in [0.3, 0.4) is 0 Å². The summed E-state index contributed by atoms with van der Waals surface area (Å²) in [5, 5.41) is 0. The Balaban J connectivity index is 1.83. The number of rotatable bonds is 2. The highest BCUT2D eigenvalue weighted by molar-refractivity contribution is 8.01. The Labute approximate surface area is 119 Å². The normalized spacial score (nSPS) is 31.1. The zero-order chi connectivity index (χ0) is 13.3. The third kappa shape index (κ3) is 2.53. The molecule has 0 N–H and O–H groups in total. The SMILES string of the molecule is C[C@@]1(Cc2ccccc2)SCC[C@@H]2CCCN2C1=O. The maximum absolute atomic E-state index is 12.9. The molecule has 0 unspecified atom stereocenters. The largest absolute Gasteiger partial charge is 0.338 e. The molecule has 0 aliphatic carbocycles. The van der Waals surface area contributed by atoms with E-state index in [0.29, 0.717) is 11.9 Å². The maximum atomic E-state index is 12.9. The van der Waals surface area contributed by atoms with Crippen molar-refractivity contribution in [2.24, 2.45) is 0 Å². The van der Waals surface area contributed by atoms with Gasteiger partial charge in [0, 0.05) is 12.6 Å². The van der Waals surface area contributed by atoms with Crippen molar-refractivity contribution in [3.8, 4) is 0 Å². The van der Waals surface area contributed by atoms with Gasteiger partial charge in [-0.3, -0.25) is 4.79 Å². The van der Waals surface area contributed by atoms with Crippen molar-refractivity contribution in [1.82, 2.24) is 4.90 Å². The molecule has 102 valence electrons. The minimum Gasteiger partial charge on any atom is -0.338 e. The molecule has 2 saturated heterocycles. The second-order valence-corrected chi connectivity index (χ2v) is 7.42. The first-order chi connectivity index (χ1) is 9.19. The van der Waals surface area contributed by atoms with Gasteiger partial charge in [0.15, 0.2) is 0 Å². The first-order valence-corrected chi connectivity index (χ1v) is 8.16. The van der Waals surface area contributed by atoms with E-state index < -0.39 is 0 Å². The van der Waals surface area contributed by atoms with Crippen molar-refractivity contribution < 1.29 is 4.79 Å².